The minimum Gasteiger partial charge on any atom is -0.478 e. The van der Waals surface area contributed by atoms with Crippen LogP contribution in [0.5, 0.6) is 0 Å². The van der Waals surface area contributed by atoms with Crippen molar-refractivity contribution in [1.82, 2.24) is 9.78 Å². The average Bonchev–Trinajstić information content (AvgIpc) is 3.00. The molecular formula is C13H12N4O4. The molecule has 3 rings (SSSR count). The summed E-state index contributed by atoms with van der Waals surface area (Å²) in [5.41, 5.74) is 1.98. The first-order valence-corrected chi connectivity index (χ1v) is 6.24. The lowest BCUT2D eigenvalue weighted by Crippen LogP contribution is -2.16. The summed E-state index contributed by atoms with van der Waals surface area (Å²) in [5.74, 6) is -0.685. The first-order chi connectivity index (χ1) is 9.95. The fraction of sp³-hybridized carbons (Fsp3) is 0.231. The van der Waals surface area contributed by atoms with Crippen molar-refractivity contribution in [3.8, 4) is 0 Å². The quantitative estimate of drug-likeness (QED) is 0.679. The van der Waals surface area contributed by atoms with E-state index in [9.17, 15) is 14.9 Å². The average molecular weight is 288 g/mol. The second-order valence-corrected chi connectivity index (χ2v) is 4.91. The zero-order valence-corrected chi connectivity index (χ0v) is 11.2. The van der Waals surface area contributed by atoms with Gasteiger partial charge in [0.2, 0.25) is 5.82 Å². The molecule has 0 amide bonds. The maximum atomic E-state index is 11.1. The maximum absolute atomic E-state index is 11.1. The van der Waals surface area contributed by atoms with Crippen LogP contribution in [0.4, 0.5) is 11.5 Å². The van der Waals surface area contributed by atoms with E-state index in [1.54, 1.807) is 24.1 Å². The number of rotatable bonds is 3. The molecule has 0 saturated carbocycles. The van der Waals surface area contributed by atoms with Gasteiger partial charge < -0.3 is 10.0 Å². The zero-order chi connectivity index (χ0) is 15.1. The summed E-state index contributed by atoms with van der Waals surface area (Å²) in [6.07, 6.45) is 1.36. The first-order valence-electron chi connectivity index (χ1n) is 6.24. The van der Waals surface area contributed by atoms with Gasteiger partial charge in [-0.1, -0.05) is 6.07 Å². The number of aromatic carboxylic acids is 1. The molecule has 1 aliphatic rings. The van der Waals surface area contributed by atoms with Gasteiger partial charge >= 0.3 is 11.7 Å². The number of carbonyl (C=O) groups is 1. The molecule has 1 N–H and O–H groups in total. The molecule has 0 atom stereocenters. The highest BCUT2D eigenvalue weighted by Gasteiger charge is 2.29. The standard InChI is InChI=1S/C13H12N4O4/c1-15-7-11(17(20)21)12(14-15)16-5-9-3-2-8(13(18)19)4-10(9)6-16/h2-4,7H,5-6H2,1H3,(H,18,19). The fourth-order valence-electron chi connectivity index (χ4n) is 2.50. The Morgan fingerprint density at radius 1 is 1.38 bits per heavy atom. The van der Waals surface area contributed by atoms with Crippen LogP contribution in [0.2, 0.25) is 0 Å². The Bertz CT molecular complexity index is 753. The van der Waals surface area contributed by atoms with E-state index in [0.717, 1.165) is 11.1 Å². The molecule has 1 aromatic carbocycles. The molecule has 1 aliphatic heterocycles. The van der Waals surface area contributed by atoms with Gasteiger partial charge in [0.25, 0.3) is 0 Å². The van der Waals surface area contributed by atoms with E-state index >= 15 is 0 Å². The normalized spacial score (nSPS) is 13.3. The second kappa shape index (κ2) is 4.58. The number of anilines is 1. The number of carboxylic acid groups (broad SMARTS) is 1. The van der Waals surface area contributed by atoms with Crippen LogP contribution in [0.25, 0.3) is 0 Å². The van der Waals surface area contributed by atoms with E-state index in [4.69, 9.17) is 5.11 Å². The summed E-state index contributed by atoms with van der Waals surface area (Å²) >= 11 is 0. The highest BCUT2D eigenvalue weighted by molar-refractivity contribution is 5.88. The van der Waals surface area contributed by atoms with Gasteiger partial charge in [0.05, 0.1) is 10.5 Å². The molecule has 2 aromatic rings. The van der Waals surface area contributed by atoms with E-state index in [2.05, 4.69) is 5.10 Å². The number of nitrogens with zero attached hydrogens (tertiary/aromatic N) is 4. The maximum Gasteiger partial charge on any atom is 0.335 e. The largest absolute Gasteiger partial charge is 0.478 e. The molecule has 21 heavy (non-hydrogen) atoms. The number of fused-ring (bicyclic) bond motifs is 1. The molecule has 1 aromatic heterocycles. The smallest absolute Gasteiger partial charge is 0.335 e. The van der Waals surface area contributed by atoms with Crippen molar-refractivity contribution in [2.75, 3.05) is 4.90 Å². The third kappa shape index (κ3) is 2.20. The van der Waals surface area contributed by atoms with Crippen LogP contribution in [0.3, 0.4) is 0 Å². The summed E-state index contributed by atoms with van der Waals surface area (Å²) in [5, 5.41) is 24.2. The van der Waals surface area contributed by atoms with Crippen molar-refractivity contribution in [2.24, 2.45) is 7.05 Å². The monoisotopic (exact) mass is 288 g/mol. The molecule has 0 unspecified atom stereocenters. The van der Waals surface area contributed by atoms with E-state index in [1.807, 2.05) is 0 Å². The number of hydrogen-bond acceptors (Lipinski definition) is 5. The van der Waals surface area contributed by atoms with Crippen molar-refractivity contribution in [2.45, 2.75) is 13.1 Å². The third-order valence-electron chi connectivity index (χ3n) is 3.46. The van der Waals surface area contributed by atoms with Crippen LogP contribution in [0, 0.1) is 10.1 Å². The molecule has 0 radical (unpaired) electrons. The van der Waals surface area contributed by atoms with E-state index in [1.165, 1.54) is 16.9 Å². The Balaban J connectivity index is 1.94. The van der Waals surface area contributed by atoms with Crippen molar-refractivity contribution >= 4 is 17.5 Å². The molecular weight excluding hydrogens is 276 g/mol. The molecule has 2 heterocycles. The van der Waals surface area contributed by atoms with E-state index in [0.29, 0.717) is 18.9 Å². The molecule has 0 spiro atoms. The van der Waals surface area contributed by atoms with Crippen LogP contribution in [0.1, 0.15) is 21.5 Å². The van der Waals surface area contributed by atoms with Gasteiger partial charge in [0.15, 0.2) is 0 Å². The first kappa shape index (κ1) is 13.1. The summed E-state index contributed by atoms with van der Waals surface area (Å²) in [6, 6.07) is 4.89. The number of aryl methyl sites for hydroxylation is 1. The van der Waals surface area contributed by atoms with E-state index < -0.39 is 10.9 Å². The minimum atomic E-state index is -0.986. The van der Waals surface area contributed by atoms with Crippen molar-refractivity contribution in [3.05, 3.63) is 51.2 Å². The summed E-state index contributed by atoms with van der Waals surface area (Å²) < 4.78 is 1.40. The van der Waals surface area contributed by atoms with Gasteiger partial charge in [-0.05, 0) is 23.3 Å². The third-order valence-corrected chi connectivity index (χ3v) is 3.46. The number of hydrogen-bond donors (Lipinski definition) is 1. The molecule has 0 bridgehead atoms. The Hall–Kier alpha value is -2.90. The zero-order valence-electron chi connectivity index (χ0n) is 11.2. The highest BCUT2D eigenvalue weighted by Crippen LogP contribution is 2.33. The molecule has 108 valence electrons. The van der Waals surface area contributed by atoms with Crippen molar-refractivity contribution < 1.29 is 14.8 Å². The molecule has 0 fully saturated rings. The highest BCUT2D eigenvalue weighted by atomic mass is 16.6. The van der Waals surface area contributed by atoms with Gasteiger partial charge in [-0.15, -0.1) is 5.10 Å². The van der Waals surface area contributed by atoms with Crippen LogP contribution < -0.4 is 4.90 Å². The molecule has 0 aliphatic carbocycles. The Labute approximate surface area is 119 Å². The molecule has 8 heteroatoms. The van der Waals surface area contributed by atoms with Gasteiger partial charge in [-0.2, -0.15) is 0 Å². The number of carboxylic acids is 1. The van der Waals surface area contributed by atoms with Gasteiger partial charge in [0.1, 0.15) is 6.20 Å². The Morgan fingerprint density at radius 2 is 2.10 bits per heavy atom. The second-order valence-electron chi connectivity index (χ2n) is 4.91. The van der Waals surface area contributed by atoms with Gasteiger partial charge in [0, 0.05) is 20.1 Å². The van der Waals surface area contributed by atoms with Crippen molar-refractivity contribution in [3.63, 3.8) is 0 Å². The predicted molar refractivity (Wildman–Crippen MR) is 73.2 cm³/mol. The fourth-order valence-corrected chi connectivity index (χ4v) is 2.50. The Kier molecular flexibility index (Phi) is 2.86. The number of benzene rings is 1. The molecule has 0 saturated heterocycles. The van der Waals surface area contributed by atoms with Gasteiger partial charge in [-0.3, -0.25) is 14.8 Å². The lowest BCUT2D eigenvalue weighted by Gasteiger charge is -2.12. The van der Waals surface area contributed by atoms with Crippen molar-refractivity contribution in [1.29, 1.82) is 0 Å². The van der Waals surface area contributed by atoms with E-state index in [-0.39, 0.29) is 11.3 Å². The summed E-state index contributed by atoms with van der Waals surface area (Å²) in [4.78, 5) is 23.3. The van der Waals surface area contributed by atoms with Crippen LogP contribution >= 0.6 is 0 Å². The number of nitro groups is 1. The summed E-state index contributed by atoms with van der Waals surface area (Å²) in [6.45, 7) is 0.890. The van der Waals surface area contributed by atoms with Gasteiger partial charge in [-0.25, -0.2) is 4.79 Å². The SMILES string of the molecule is Cn1cc([N+](=O)[O-])c(N2Cc3ccc(C(=O)O)cc3C2)n1. The minimum absolute atomic E-state index is 0.0521. The lowest BCUT2D eigenvalue weighted by molar-refractivity contribution is -0.384. The Morgan fingerprint density at radius 3 is 2.76 bits per heavy atom. The molecule has 8 nitrogen and oxygen atoms in total. The summed E-state index contributed by atoms with van der Waals surface area (Å²) in [7, 11) is 1.63. The number of aromatic nitrogens is 2. The predicted octanol–water partition coefficient (Wildman–Crippen LogP) is 1.55. The lowest BCUT2D eigenvalue weighted by atomic mass is 10.1. The van der Waals surface area contributed by atoms with Crippen LogP contribution in [-0.4, -0.2) is 25.8 Å². The van der Waals surface area contributed by atoms with Crippen LogP contribution in [-0.2, 0) is 20.1 Å². The van der Waals surface area contributed by atoms with Crippen LogP contribution in [0.15, 0.2) is 24.4 Å². The topological polar surface area (TPSA) is 102 Å².